The topological polar surface area (TPSA) is 84.6 Å². The molecule has 0 heterocycles. The fourth-order valence-corrected chi connectivity index (χ4v) is 1.61. The van der Waals surface area contributed by atoms with Crippen LogP contribution >= 0.6 is 0 Å². The van der Waals surface area contributed by atoms with Crippen molar-refractivity contribution in [3.63, 3.8) is 0 Å². The zero-order valence-electron chi connectivity index (χ0n) is 11.0. The molecule has 0 aliphatic carbocycles. The highest BCUT2D eigenvalue weighted by molar-refractivity contribution is 5.95. The minimum atomic E-state index is -0.826. The molecule has 0 atom stereocenters. The number of carbonyl (C=O) groups excluding carboxylic acids is 1. The van der Waals surface area contributed by atoms with Crippen LogP contribution < -0.4 is 5.43 Å². The maximum Gasteiger partial charge on any atom is 0.271 e. The van der Waals surface area contributed by atoms with Crippen LogP contribution in [0.25, 0.3) is 0 Å². The minimum Gasteiger partial charge on any atom is -0.267 e. The lowest BCUT2D eigenvalue weighted by Gasteiger charge is -2.01. The van der Waals surface area contributed by atoms with E-state index in [9.17, 15) is 23.7 Å². The van der Waals surface area contributed by atoms with Gasteiger partial charge >= 0.3 is 0 Å². The Balaban J connectivity index is 2.11. The number of hydrogen-bond donors (Lipinski definition) is 1. The first-order valence-electron chi connectivity index (χ1n) is 6.01. The van der Waals surface area contributed by atoms with E-state index in [1.807, 2.05) is 5.43 Å². The molecule has 6 nitrogen and oxygen atoms in total. The highest BCUT2D eigenvalue weighted by Crippen LogP contribution is 2.13. The van der Waals surface area contributed by atoms with Crippen molar-refractivity contribution >= 4 is 17.8 Å². The monoisotopic (exact) mass is 305 g/mol. The number of nitro benzene ring substituents is 1. The third-order valence-corrected chi connectivity index (χ3v) is 2.68. The van der Waals surface area contributed by atoms with Gasteiger partial charge in [-0.3, -0.25) is 14.9 Å². The van der Waals surface area contributed by atoms with E-state index < -0.39 is 28.0 Å². The number of hydrazone groups is 1. The lowest BCUT2D eigenvalue weighted by atomic mass is 10.2. The van der Waals surface area contributed by atoms with Crippen LogP contribution in [-0.4, -0.2) is 17.0 Å². The number of rotatable bonds is 4. The second kappa shape index (κ2) is 6.53. The molecule has 0 aromatic heterocycles. The minimum absolute atomic E-state index is 0.000329. The third-order valence-electron chi connectivity index (χ3n) is 2.68. The van der Waals surface area contributed by atoms with Crippen molar-refractivity contribution < 1.29 is 18.5 Å². The summed E-state index contributed by atoms with van der Waals surface area (Å²) >= 11 is 0. The number of non-ortho nitro benzene ring substituents is 1. The largest absolute Gasteiger partial charge is 0.271 e. The van der Waals surface area contributed by atoms with E-state index in [1.165, 1.54) is 24.3 Å². The molecule has 0 bridgehead atoms. The molecule has 112 valence electrons. The molecule has 8 heteroatoms. The van der Waals surface area contributed by atoms with Crippen molar-refractivity contribution in [3.05, 3.63) is 75.3 Å². The zero-order chi connectivity index (χ0) is 16.1. The van der Waals surface area contributed by atoms with Crippen LogP contribution in [0.2, 0.25) is 0 Å². The van der Waals surface area contributed by atoms with Gasteiger partial charge in [-0.1, -0.05) is 12.1 Å². The molecule has 2 aromatic rings. The van der Waals surface area contributed by atoms with Crippen molar-refractivity contribution in [3.8, 4) is 0 Å². The summed E-state index contributed by atoms with van der Waals surface area (Å²) in [6.45, 7) is 0. The van der Waals surface area contributed by atoms with Gasteiger partial charge in [-0.15, -0.1) is 0 Å². The summed E-state index contributed by atoms with van der Waals surface area (Å²) in [5.74, 6) is -2.39. The van der Waals surface area contributed by atoms with Crippen LogP contribution in [0.15, 0.2) is 47.6 Å². The van der Waals surface area contributed by atoms with Gasteiger partial charge < -0.3 is 0 Å². The molecule has 2 rings (SSSR count). The Bertz CT molecular complexity index is 742. The summed E-state index contributed by atoms with van der Waals surface area (Å²) in [4.78, 5) is 21.7. The smallest absolute Gasteiger partial charge is 0.267 e. The van der Waals surface area contributed by atoms with Crippen LogP contribution in [0.1, 0.15) is 15.9 Å². The van der Waals surface area contributed by atoms with Crippen LogP contribution in [0.4, 0.5) is 14.5 Å². The first-order chi connectivity index (χ1) is 10.5. The maximum atomic E-state index is 13.3. The molecule has 1 amide bonds. The van der Waals surface area contributed by atoms with E-state index in [1.54, 1.807) is 0 Å². The normalized spacial score (nSPS) is 10.6. The van der Waals surface area contributed by atoms with Gasteiger partial charge in [0.05, 0.1) is 16.7 Å². The van der Waals surface area contributed by atoms with Gasteiger partial charge in [0, 0.05) is 17.7 Å². The summed E-state index contributed by atoms with van der Waals surface area (Å²) in [6, 6.07) is 8.28. The van der Waals surface area contributed by atoms with Crippen LogP contribution in [0.3, 0.4) is 0 Å². The van der Waals surface area contributed by atoms with Gasteiger partial charge in [0.15, 0.2) is 0 Å². The van der Waals surface area contributed by atoms with E-state index in [0.717, 1.165) is 24.4 Å². The van der Waals surface area contributed by atoms with Gasteiger partial charge in [0.1, 0.15) is 11.6 Å². The maximum absolute atomic E-state index is 13.3. The van der Waals surface area contributed by atoms with Crippen molar-refractivity contribution in [1.29, 1.82) is 0 Å². The average molecular weight is 305 g/mol. The molecule has 22 heavy (non-hydrogen) atoms. The second-order valence-electron chi connectivity index (χ2n) is 4.14. The first kappa shape index (κ1) is 15.2. The van der Waals surface area contributed by atoms with E-state index >= 15 is 0 Å². The number of nitrogens with one attached hydrogen (secondary N) is 1. The Morgan fingerprint density at radius 1 is 1.18 bits per heavy atom. The predicted molar refractivity (Wildman–Crippen MR) is 74.5 cm³/mol. The molecule has 0 aliphatic rings. The molecular weight excluding hydrogens is 296 g/mol. The number of benzene rings is 2. The SMILES string of the molecule is O=C(N/N=C\c1c(F)cccc1F)c1cccc([N+](=O)[O-])c1. The molecule has 0 radical (unpaired) electrons. The number of nitro groups is 1. The number of halogens is 2. The summed E-state index contributed by atoms with van der Waals surface area (Å²) in [6.07, 6.45) is 0.819. The van der Waals surface area contributed by atoms with Crippen LogP contribution in [0.5, 0.6) is 0 Å². The molecule has 0 fully saturated rings. The van der Waals surface area contributed by atoms with E-state index in [4.69, 9.17) is 0 Å². The van der Waals surface area contributed by atoms with E-state index in [0.29, 0.717) is 0 Å². The quantitative estimate of drug-likeness (QED) is 0.535. The Hall–Kier alpha value is -3.16. The van der Waals surface area contributed by atoms with Crippen molar-refractivity contribution in [2.45, 2.75) is 0 Å². The number of hydrogen-bond acceptors (Lipinski definition) is 4. The van der Waals surface area contributed by atoms with Crippen molar-refractivity contribution in [2.75, 3.05) is 0 Å². The molecule has 0 saturated carbocycles. The van der Waals surface area contributed by atoms with Crippen molar-refractivity contribution in [2.24, 2.45) is 5.10 Å². The second-order valence-corrected chi connectivity index (χ2v) is 4.14. The summed E-state index contributed by atoms with van der Waals surface area (Å²) in [7, 11) is 0. The van der Waals surface area contributed by atoms with Crippen molar-refractivity contribution in [1.82, 2.24) is 5.43 Å². The average Bonchev–Trinajstić information content (AvgIpc) is 2.50. The fraction of sp³-hybridized carbons (Fsp3) is 0. The Kier molecular flexibility index (Phi) is 4.52. The predicted octanol–water partition coefficient (Wildman–Crippen LogP) is 2.64. The zero-order valence-corrected chi connectivity index (χ0v) is 11.0. The van der Waals surface area contributed by atoms with E-state index in [-0.39, 0.29) is 11.3 Å². The summed E-state index contributed by atoms with van der Waals surface area (Å²) in [5, 5.41) is 14.1. The van der Waals surface area contributed by atoms with Crippen LogP contribution in [0, 0.1) is 21.7 Å². The molecule has 2 aromatic carbocycles. The summed E-state index contributed by atoms with van der Waals surface area (Å²) < 4.78 is 26.6. The molecule has 0 spiro atoms. The third kappa shape index (κ3) is 3.48. The van der Waals surface area contributed by atoms with Crippen LogP contribution in [-0.2, 0) is 0 Å². The van der Waals surface area contributed by atoms with Gasteiger partial charge in [-0.05, 0) is 18.2 Å². The fourth-order valence-electron chi connectivity index (χ4n) is 1.61. The number of carbonyl (C=O) groups is 1. The summed E-state index contributed by atoms with van der Waals surface area (Å²) in [5.41, 5.74) is 1.39. The highest BCUT2D eigenvalue weighted by atomic mass is 19.1. The number of nitrogens with zero attached hydrogens (tertiary/aromatic N) is 2. The van der Waals surface area contributed by atoms with Gasteiger partial charge in [0.25, 0.3) is 11.6 Å². The lowest BCUT2D eigenvalue weighted by molar-refractivity contribution is -0.384. The van der Waals surface area contributed by atoms with Gasteiger partial charge in [-0.25, -0.2) is 14.2 Å². The first-order valence-corrected chi connectivity index (χ1v) is 6.01. The molecule has 0 aliphatic heterocycles. The standard InChI is InChI=1S/C14H9F2N3O3/c15-12-5-2-6-13(16)11(12)8-17-18-14(20)9-3-1-4-10(7-9)19(21)22/h1-8H,(H,18,20)/b17-8-. The highest BCUT2D eigenvalue weighted by Gasteiger charge is 2.11. The molecule has 0 saturated heterocycles. The number of amides is 1. The van der Waals surface area contributed by atoms with Gasteiger partial charge in [0.2, 0.25) is 0 Å². The van der Waals surface area contributed by atoms with Gasteiger partial charge in [-0.2, -0.15) is 5.10 Å². The lowest BCUT2D eigenvalue weighted by Crippen LogP contribution is -2.18. The Labute approximate surface area is 123 Å². The Morgan fingerprint density at radius 2 is 1.82 bits per heavy atom. The molecule has 0 unspecified atom stereocenters. The van der Waals surface area contributed by atoms with E-state index in [2.05, 4.69) is 5.10 Å². The molecule has 1 N–H and O–H groups in total. The molecular formula is C14H9F2N3O3. The Morgan fingerprint density at radius 3 is 2.45 bits per heavy atom.